The van der Waals surface area contributed by atoms with E-state index in [9.17, 15) is 0 Å². The number of benzene rings is 1. The van der Waals surface area contributed by atoms with Crippen LogP contribution >= 0.6 is 34.7 Å². The molecular weight excluding hydrogens is 292 g/mol. The van der Waals surface area contributed by atoms with Crippen LogP contribution in [0.15, 0.2) is 16.5 Å². The zero-order valence-corrected chi connectivity index (χ0v) is 11.9. The fraction of sp³-hybridized carbons (Fsp3) is 0.273. The van der Waals surface area contributed by atoms with Crippen LogP contribution in [0.3, 0.4) is 0 Å². The van der Waals surface area contributed by atoms with E-state index in [1.165, 1.54) is 0 Å². The molecule has 0 bridgehead atoms. The van der Waals surface area contributed by atoms with E-state index in [-0.39, 0.29) is 6.79 Å². The highest BCUT2D eigenvalue weighted by molar-refractivity contribution is 8.00. The Balaban J connectivity index is 1.76. The van der Waals surface area contributed by atoms with Gasteiger partial charge in [0, 0.05) is 16.8 Å². The summed E-state index contributed by atoms with van der Waals surface area (Å²) in [7, 11) is 0. The summed E-state index contributed by atoms with van der Waals surface area (Å²) >= 11 is 9.40. The molecule has 7 heteroatoms. The molecule has 0 amide bonds. The molecule has 0 saturated heterocycles. The zero-order valence-electron chi connectivity index (χ0n) is 9.47. The summed E-state index contributed by atoms with van der Waals surface area (Å²) in [5, 5.41) is 9.70. The fourth-order valence-corrected chi connectivity index (χ4v) is 3.65. The number of aryl methyl sites for hydroxylation is 1. The minimum atomic E-state index is 0.262. The number of hydrogen-bond acceptors (Lipinski definition) is 6. The number of fused-ring (bicyclic) bond motifs is 1. The average Bonchev–Trinajstić information content (AvgIpc) is 2.94. The number of halogens is 1. The molecule has 0 N–H and O–H groups in total. The zero-order chi connectivity index (χ0) is 12.5. The lowest BCUT2D eigenvalue weighted by Gasteiger charge is -2.04. The lowest BCUT2D eigenvalue weighted by atomic mass is 10.2. The molecule has 2 heterocycles. The third-order valence-electron chi connectivity index (χ3n) is 2.40. The van der Waals surface area contributed by atoms with Gasteiger partial charge in [0.05, 0.1) is 0 Å². The van der Waals surface area contributed by atoms with Crippen LogP contribution in [0, 0.1) is 6.92 Å². The Morgan fingerprint density at radius 1 is 1.33 bits per heavy atom. The molecular formula is C11H9ClN2O2S2. The lowest BCUT2D eigenvalue weighted by Crippen LogP contribution is -1.92. The van der Waals surface area contributed by atoms with Gasteiger partial charge in [0.25, 0.3) is 0 Å². The summed E-state index contributed by atoms with van der Waals surface area (Å²) in [6.07, 6.45) is 0. The van der Waals surface area contributed by atoms with Crippen LogP contribution in [-0.2, 0) is 5.75 Å². The van der Waals surface area contributed by atoms with Gasteiger partial charge in [-0.2, -0.15) is 0 Å². The van der Waals surface area contributed by atoms with Crippen LogP contribution < -0.4 is 9.47 Å². The molecule has 0 spiro atoms. The van der Waals surface area contributed by atoms with Crippen molar-refractivity contribution >= 4 is 34.7 Å². The largest absolute Gasteiger partial charge is 0.454 e. The summed E-state index contributed by atoms with van der Waals surface area (Å²) in [6.45, 7) is 2.20. The van der Waals surface area contributed by atoms with Crippen molar-refractivity contribution in [3.8, 4) is 11.5 Å². The Bertz CT molecular complexity index is 588. The molecule has 1 aromatic heterocycles. The van der Waals surface area contributed by atoms with Gasteiger partial charge in [-0.15, -0.1) is 10.2 Å². The highest BCUT2D eigenvalue weighted by Gasteiger charge is 2.16. The summed E-state index contributed by atoms with van der Waals surface area (Å²) in [5.74, 6) is 2.20. The summed E-state index contributed by atoms with van der Waals surface area (Å²) < 4.78 is 11.5. The average molecular weight is 301 g/mol. The van der Waals surface area contributed by atoms with E-state index in [1.54, 1.807) is 29.2 Å². The Labute approximate surface area is 117 Å². The predicted molar refractivity (Wildman–Crippen MR) is 71.8 cm³/mol. The molecule has 0 radical (unpaired) electrons. The number of rotatable bonds is 3. The third kappa shape index (κ3) is 2.41. The highest BCUT2D eigenvalue weighted by Crippen LogP contribution is 2.38. The third-order valence-corrected chi connectivity index (χ3v) is 4.77. The van der Waals surface area contributed by atoms with E-state index in [4.69, 9.17) is 21.1 Å². The maximum absolute atomic E-state index is 6.20. The first-order chi connectivity index (χ1) is 8.72. The molecule has 18 heavy (non-hydrogen) atoms. The second-order valence-corrected chi connectivity index (χ2v) is 6.48. The van der Waals surface area contributed by atoms with Gasteiger partial charge in [-0.1, -0.05) is 34.7 Å². The first-order valence-corrected chi connectivity index (χ1v) is 7.41. The molecule has 1 aliphatic rings. The Morgan fingerprint density at radius 2 is 2.11 bits per heavy atom. The monoisotopic (exact) mass is 300 g/mol. The Hall–Kier alpha value is -0.980. The van der Waals surface area contributed by atoms with Crippen molar-refractivity contribution in [1.29, 1.82) is 0 Å². The number of aromatic nitrogens is 2. The van der Waals surface area contributed by atoms with Gasteiger partial charge in [0.2, 0.25) is 6.79 Å². The lowest BCUT2D eigenvalue weighted by molar-refractivity contribution is 0.174. The van der Waals surface area contributed by atoms with Gasteiger partial charge in [-0.25, -0.2) is 0 Å². The fourth-order valence-electron chi connectivity index (χ4n) is 1.55. The molecule has 0 fully saturated rings. The van der Waals surface area contributed by atoms with Crippen LogP contribution in [-0.4, -0.2) is 17.0 Å². The minimum absolute atomic E-state index is 0.262. The van der Waals surface area contributed by atoms with Gasteiger partial charge >= 0.3 is 0 Å². The molecule has 4 nitrogen and oxygen atoms in total. The maximum Gasteiger partial charge on any atom is 0.231 e. The van der Waals surface area contributed by atoms with Crippen molar-refractivity contribution in [2.45, 2.75) is 17.0 Å². The van der Waals surface area contributed by atoms with E-state index in [0.29, 0.717) is 10.8 Å². The van der Waals surface area contributed by atoms with Crippen LogP contribution in [0.4, 0.5) is 0 Å². The summed E-state index contributed by atoms with van der Waals surface area (Å²) in [5.41, 5.74) is 1.01. The molecule has 3 rings (SSSR count). The van der Waals surface area contributed by atoms with Gasteiger partial charge in [-0.05, 0) is 18.6 Å². The predicted octanol–water partition coefficient (Wildman–Crippen LogP) is 3.52. The molecule has 1 aromatic carbocycles. The quantitative estimate of drug-likeness (QED) is 0.812. The molecule has 0 saturated carbocycles. The van der Waals surface area contributed by atoms with Gasteiger partial charge in [0.15, 0.2) is 15.8 Å². The second kappa shape index (κ2) is 4.95. The smallest absolute Gasteiger partial charge is 0.231 e. The van der Waals surface area contributed by atoms with Crippen LogP contribution in [0.2, 0.25) is 5.02 Å². The Morgan fingerprint density at radius 3 is 2.83 bits per heavy atom. The van der Waals surface area contributed by atoms with Crippen molar-refractivity contribution in [2.24, 2.45) is 0 Å². The number of ether oxygens (including phenoxy) is 2. The topological polar surface area (TPSA) is 44.2 Å². The highest BCUT2D eigenvalue weighted by atomic mass is 35.5. The second-order valence-electron chi connectivity index (χ2n) is 3.67. The molecule has 0 unspecified atom stereocenters. The molecule has 1 aliphatic heterocycles. The normalized spacial score (nSPS) is 13.0. The number of hydrogen-bond donors (Lipinski definition) is 0. The van der Waals surface area contributed by atoms with E-state index in [2.05, 4.69) is 10.2 Å². The van der Waals surface area contributed by atoms with Crippen LogP contribution in [0.5, 0.6) is 11.5 Å². The number of nitrogens with zero attached hydrogens (tertiary/aromatic N) is 2. The van der Waals surface area contributed by atoms with Crippen LogP contribution in [0.25, 0.3) is 0 Å². The van der Waals surface area contributed by atoms with Gasteiger partial charge in [-0.3, -0.25) is 0 Å². The van der Waals surface area contributed by atoms with Crippen molar-refractivity contribution in [3.63, 3.8) is 0 Å². The van der Waals surface area contributed by atoms with Crippen molar-refractivity contribution in [1.82, 2.24) is 10.2 Å². The first kappa shape index (κ1) is 12.1. The maximum atomic E-state index is 6.20. The van der Waals surface area contributed by atoms with Crippen LogP contribution in [0.1, 0.15) is 10.6 Å². The first-order valence-electron chi connectivity index (χ1n) is 5.23. The van der Waals surface area contributed by atoms with Crippen molar-refractivity contribution in [3.05, 3.63) is 27.7 Å². The SMILES string of the molecule is Cc1nnc(SCc2cc3c(cc2Cl)OCO3)s1. The van der Waals surface area contributed by atoms with E-state index in [0.717, 1.165) is 26.4 Å². The van der Waals surface area contributed by atoms with Gasteiger partial charge in [0.1, 0.15) is 5.01 Å². The molecule has 0 atom stereocenters. The van der Waals surface area contributed by atoms with Crippen molar-refractivity contribution < 1.29 is 9.47 Å². The summed E-state index contributed by atoms with van der Waals surface area (Å²) in [6, 6.07) is 3.72. The number of thioether (sulfide) groups is 1. The van der Waals surface area contributed by atoms with E-state index < -0.39 is 0 Å². The standard InChI is InChI=1S/C11H9ClN2O2S2/c1-6-13-14-11(18-6)17-4-7-2-9-10(3-8(7)12)16-5-15-9/h2-3H,4-5H2,1H3. The molecule has 94 valence electrons. The van der Waals surface area contributed by atoms with Gasteiger partial charge < -0.3 is 9.47 Å². The molecule has 0 aliphatic carbocycles. The Kier molecular flexibility index (Phi) is 3.32. The summed E-state index contributed by atoms with van der Waals surface area (Å²) in [4.78, 5) is 0. The van der Waals surface area contributed by atoms with E-state index >= 15 is 0 Å². The van der Waals surface area contributed by atoms with Crippen molar-refractivity contribution in [2.75, 3.05) is 6.79 Å². The minimum Gasteiger partial charge on any atom is -0.454 e. The molecule has 2 aromatic rings. The van der Waals surface area contributed by atoms with E-state index in [1.807, 2.05) is 13.0 Å².